The van der Waals surface area contributed by atoms with Crippen LogP contribution in [-0.2, 0) is 6.54 Å². The normalized spacial score (nSPS) is 16.3. The van der Waals surface area contributed by atoms with Crippen molar-refractivity contribution in [3.05, 3.63) is 53.5 Å². The molecular formula is C21H30N4O2. The van der Waals surface area contributed by atoms with Crippen molar-refractivity contribution in [1.29, 1.82) is 0 Å². The second-order valence-corrected chi connectivity index (χ2v) is 6.94. The van der Waals surface area contributed by atoms with Gasteiger partial charge in [0.15, 0.2) is 5.96 Å². The molecule has 1 atom stereocenters. The summed E-state index contributed by atoms with van der Waals surface area (Å²) >= 11 is 0. The minimum absolute atomic E-state index is 0.222. The van der Waals surface area contributed by atoms with E-state index < -0.39 is 0 Å². The van der Waals surface area contributed by atoms with Crippen molar-refractivity contribution in [2.45, 2.75) is 32.4 Å². The number of likely N-dealkylation sites (tertiary alicyclic amines) is 1. The van der Waals surface area contributed by atoms with Crippen LogP contribution in [-0.4, -0.2) is 44.7 Å². The van der Waals surface area contributed by atoms with Gasteiger partial charge in [-0.3, -0.25) is 9.89 Å². The smallest absolute Gasteiger partial charge is 0.191 e. The number of furan rings is 1. The van der Waals surface area contributed by atoms with Crippen LogP contribution in [0.25, 0.3) is 0 Å². The van der Waals surface area contributed by atoms with E-state index in [1.54, 1.807) is 20.4 Å². The van der Waals surface area contributed by atoms with Gasteiger partial charge in [0, 0.05) is 20.1 Å². The van der Waals surface area contributed by atoms with E-state index in [0.717, 1.165) is 42.7 Å². The lowest BCUT2D eigenvalue weighted by atomic mass is 10.1. The lowest BCUT2D eigenvalue weighted by Crippen LogP contribution is -2.42. The lowest BCUT2D eigenvalue weighted by Gasteiger charge is -2.26. The summed E-state index contributed by atoms with van der Waals surface area (Å²) in [6.07, 6.45) is 4.25. The average Bonchev–Trinajstić information content (AvgIpc) is 3.38. The Labute approximate surface area is 161 Å². The molecule has 6 heteroatoms. The van der Waals surface area contributed by atoms with E-state index in [9.17, 15) is 0 Å². The number of ether oxygens (including phenoxy) is 1. The van der Waals surface area contributed by atoms with Crippen LogP contribution in [0.1, 0.15) is 35.8 Å². The first kappa shape index (κ1) is 19.3. The Morgan fingerprint density at radius 2 is 2.07 bits per heavy atom. The number of methoxy groups -OCH3 is 1. The summed E-state index contributed by atoms with van der Waals surface area (Å²) in [5.41, 5.74) is 2.35. The number of guanidine groups is 1. The summed E-state index contributed by atoms with van der Waals surface area (Å²) < 4.78 is 11.0. The molecule has 1 aliphatic heterocycles. The predicted molar refractivity (Wildman–Crippen MR) is 108 cm³/mol. The fourth-order valence-corrected chi connectivity index (χ4v) is 3.59. The summed E-state index contributed by atoms with van der Waals surface area (Å²) in [6.45, 7) is 5.74. The van der Waals surface area contributed by atoms with Crippen LogP contribution in [0.3, 0.4) is 0 Å². The van der Waals surface area contributed by atoms with Crippen molar-refractivity contribution in [2.24, 2.45) is 4.99 Å². The number of hydrogen-bond donors (Lipinski definition) is 2. The molecule has 1 saturated heterocycles. The van der Waals surface area contributed by atoms with Crippen LogP contribution >= 0.6 is 0 Å². The molecule has 2 aromatic rings. The Bertz CT molecular complexity index is 737. The SMILES string of the molecule is CN=C(NCc1cc(C)cc(OC)c1)NCC(c1ccco1)N1CCCC1. The molecule has 1 fully saturated rings. The number of aliphatic imine (C=N–C) groups is 1. The summed E-state index contributed by atoms with van der Waals surface area (Å²) in [4.78, 5) is 6.84. The largest absolute Gasteiger partial charge is 0.497 e. The number of hydrogen-bond acceptors (Lipinski definition) is 4. The first-order valence-corrected chi connectivity index (χ1v) is 9.56. The molecule has 27 heavy (non-hydrogen) atoms. The first-order valence-electron chi connectivity index (χ1n) is 9.56. The van der Waals surface area contributed by atoms with Crippen LogP contribution in [0, 0.1) is 6.92 Å². The Balaban J connectivity index is 1.58. The van der Waals surface area contributed by atoms with Gasteiger partial charge in [0.25, 0.3) is 0 Å². The van der Waals surface area contributed by atoms with Gasteiger partial charge in [0.2, 0.25) is 0 Å². The van der Waals surface area contributed by atoms with Crippen LogP contribution in [0.2, 0.25) is 0 Å². The standard InChI is InChI=1S/C21H30N4O2/c1-16-11-17(13-18(12-16)26-3)14-23-21(22-2)24-15-19(20-7-6-10-27-20)25-8-4-5-9-25/h6-7,10-13,19H,4-5,8-9,14-15H2,1-3H3,(H2,22,23,24). The molecule has 0 radical (unpaired) electrons. The van der Waals surface area contributed by atoms with E-state index in [4.69, 9.17) is 9.15 Å². The van der Waals surface area contributed by atoms with E-state index >= 15 is 0 Å². The maximum Gasteiger partial charge on any atom is 0.191 e. The van der Waals surface area contributed by atoms with E-state index in [-0.39, 0.29) is 6.04 Å². The van der Waals surface area contributed by atoms with Crippen LogP contribution in [0.5, 0.6) is 5.75 Å². The minimum atomic E-state index is 0.222. The van der Waals surface area contributed by atoms with Crippen molar-refractivity contribution in [3.63, 3.8) is 0 Å². The van der Waals surface area contributed by atoms with Crippen molar-refractivity contribution < 1.29 is 9.15 Å². The van der Waals surface area contributed by atoms with Gasteiger partial charge in [-0.05, 0) is 68.2 Å². The van der Waals surface area contributed by atoms with Crippen molar-refractivity contribution in [3.8, 4) is 5.75 Å². The summed E-state index contributed by atoms with van der Waals surface area (Å²) in [6, 6.07) is 10.5. The predicted octanol–water partition coefficient (Wildman–Crippen LogP) is 3.10. The number of benzene rings is 1. The molecule has 2 N–H and O–H groups in total. The van der Waals surface area contributed by atoms with Gasteiger partial charge in [0.05, 0.1) is 19.4 Å². The summed E-state index contributed by atoms with van der Waals surface area (Å²) in [5, 5.41) is 6.84. The van der Waals surface area contributed by atoms with Crippen molar-refractivity contribution >= 4 is 5.96 Å². The van der Waals surface area contributed by atoms with Gasteiger partial charge in [-0.2, -0.15) is 0 Å². The molecule has 1 aromatic heterocycles. The Morgan fingerprint density at radius 1 is 1.26 bits per heavy atom. The van der Waals surface area contributed by atoms with Crippen molar-refractivity contribution in [2.75, 3.05) is 33.8 Å². The van der Waals surface area contributed by atoms with E-state index in [1.165, 1.54) is 18.4 Å². The highest BCUT2D eigenvalue weighted by Crippen LogP contribution is 2.24. The van der Waals surface area contributed by atoms with Gasteiger partial charge in [-0.1, -0.05) is 6.07 Å². The molecule has 1 aromatic carbocycles. The monoisotopic (exact) mass is 370 g/mol. The molecule has 0 aliphatic carbocycles. The quantitative estimate of drug-likeness (QED) is 0.579. The zero-order valence-corrected chi connectivity index (χ0v) is 16.5. The lowest BCUT2D eigenvalue weighted by molar-refractivity contribution is 0.215. The Morgan fingerprint density at radius 3 is 2.74 bits per heavy atom. The number of nitrogens with one attached hydrogen (secondary N) is 2. The van der Waals surface area contributed by atoms with E-state index in [0.29, 0.717) is 6.54 Å². The fourth-order valence-electron chi connectivity index (χ4n) is 3.59. The molecular weight excluding hydrogens is 340 g/mol. The van der Waals surface area contributed by atoms with Crippen LogP contribution < -0.4 is 15.4 Å². The van der Waals surface area contributed by atoms with E-state index in [2.05, 4.69) is 39.6 Å². The molecule has 146 valence electrons. The third-order valence-electron chi connectivity index (χ3n) is 4.95. The minimum Gasteiger partial charge on any atom is -0.497 e. The van der Waals surface area contributed by atoms with Gasteiger partial charge in [0.1, 0.15) is 11.5 Å². The Kier molecular flexibility index (Phi) is 6.76. The third-order valence-corrected chi connectivity index (χ3v) is 4.95. The van der Waals surface area contributed by atoms with Crippen molar-refractivity contribution in [1.82, 2.24) is 15.5 Å². The van der Waals surface area contributed by atoms with Gasteiger partial charge in [-0.15, -0.1) is 0 Å². The molecule has 6 nitrogen and oxygen atoms in total. The maximum absolute atomic E-state index is 5.69. The highest BCUT2D eigenvalue weighted by molar-refractivity contribution is 5.79. The number of rotatable bonds is 7. The summed E-state index contributed by atoms with van der Waals surface area (Å²) in [5.74, 6) is 2.66. The highest BCUT2D eigenvalue weighted by Gasteiger charge is 2.25. The van der Waals surface area contributed by atoms with E-state index in [1.807, 2.05) is 18.2 Å². The van der Waals surface area contributed by atoms with Gasteiger partial charge < -0.3 is 19.8 Å². The second-order valence-electron chi connectivity index (χ2n) is 6.94. The molecule has 0 amide bonds. The molecule has 2 heterocycles. The first-order chi connectivity index (χ1) is 13.2. The summed E-state index contributed by atoms with van der Waals surface area (Å²) in [7, 11) is 3.49. The molecule has 0 saturated carbocycles. The maximum atomic E-state index is 5.69. The molecule has 1 unspecified atom stereocenters. The van der Waals surface area contributed by atoms with Gasteiger partial charge in [-0.25, -0.2) is 0 Å². The van der Waals surface area contributed by atoms with Gasteiger partial charge >= 0.3 is 0 Å². The fraction of sp³-hybridized carbons (Fsp3) is 0.476. The topological polar surface area (TPSA) is 62.0 Å². The third kappa shape index (κ3) is 5.26. The molecule has 1 aliphatic rings. The number of nitrogens with zero attached hydrogens (tertiary/aromatic N) is 2. The highest BCUT2D eigenvalue weighted by atomic mass is 16.5. The zero-order chi connectivity index (χ0) is 19.1. The average molecular weight is 370 g/mol. The second kappa shape index (κ2) is 9.46. The Hall–Kier alpha value is -2.47. The van der Waals surface area contributed by atoms with Crippen LogP contribution in [0.15, 0.2) is 46.0 Å². The molecule has 0 bridgehead atoms. The number of aryl methyl sites for hydroxylation is 1. The molecule has 0 spiro atoms. The van der Waals surface area contributed by atoms with Crippen LogP contribution in [0.4, 0.5) is 0 Å². The zero-order valence-electron chi connectivity index (χ0n) is 16.5. The molecule has 3 rings (SSSR count).